The molecule has 1 saturated heterocycles. The van der Waals surface area contributed by atoms with Gasteiger partial charge in [-0.1, -0.05) is 13.8 Å². The number of hydrogen-bond acceptors (Lipinski definition) is 5. The van der Waals surface area contributed by atoms with Crippen molar-refractivity contribution in [1.82, 2.24) is 0 Å². The highest BCUT2D eigenvalue weighted by Gasteiger charge is 2.51. The molecule has 0 bridgehead atoms. The third-order valence-corrected chi connectivity index (χ3v) is 5.34. The molecule has 0 radical (unpaired) electrons. The number of fused-ring (bicyclic) bond motifs is 1. The lowest BCUT2D eigenvalue weighted by atomic mass is 9.85. The predicted octanol–water partition coefficient (Wildman–Crippen LogP) is -0.183. The van der Waals surface area contributed by atoms with Gasteiger partial charge in [-0.2, -0.15) is 0 Å². The van der Waals surface area contributed by atoms with Crippen LogP contribution >= 0.6 is 0 Å². The average Bonchev–Trinajstić information content (AvgIpc) is 2.92. The van der Waals surface area contributed by atoms with E-state index < -0.39 is 29.7 Å². The summed E-state index contributed by atoms with van der Waals surface area (Å²) in [6.07, 6.45) is 1.13. The van der Waals surface area contributed by atoms with Crippen LogP contribution in [-0.4, -0.2) is 76.4 Å². The van der Waals surface area contributed by atoms with Crippen LogP contribution in [0.2, 0.25) is 0 Å². The van der Waals surface area contributed by atoms with Crippen molar-refractivity contribution in [2.75, 3.05) is 26.7 Å². The number of aliphatic hydroxyl groups excluding tert-OH is 2. The second kappa shape index (κ2) is 5.92. The normalized spacial score (nSPS) is 35.0. The minimum Gasteiger partial charge on any atom is -0.459 e. The maximum atomic E-state index is 12.2. The van der Waals surface area contributed by atoms with Gasteiger partial charge in [0.1, 0.15) is 18.8 Å². The number of rotatable bonds is 5. The van der Waals surface area contributed by atoms with Gasteiger partial charge in [0.25, 0.3) is 0 Å². The van der Waals surface area contributed by atoms with Crippen molar-refractivity contribution in [3.8, 4) is 0 Å². The van der Waals surface area contributed by atoms with Crippen LogP contribution in [0.15, 0.2) is 11.6 Å². The number of esters is 1. The van der Waals surface area contributed by atoms with Crippen molar-refractivity contribution in [3.05, 3.63) is 11.6 Å². The van der Waals surface area contributed by atoms with E-state index in [0.717, 1.165) is 29.6 Å². The Hall–Kier alpha value is -0.950. The highest BCUT2D eigenvalue weighted by atomic mass is 16.6. The predicted molar refractivity (Wildman–Crippen MR) is 80.8 cm³/mol. The van der Waals surface area contributed by atoms with Gasteiger partial charge in [-0.25, -0.2) is 4.79 Å². The Morgan fingerprint density at radius 3 is 2.68 bits per heavy atom. The fraction of sp³-hybridized carbons (Fsp3) is 0.812. The maximum absolute atomic E-state index is 12.2. The summed E-state index contributed by atoms with van der Waals surface area (Å²) in [6.45, 7) is 6.48. The molecule has 0 amide bonds. The first kappa shape index (κ1) is 17.4. The zero-order valence-corrected chi connectivity index (χ0v) is 13.8. The summed E-state index contributed by atoms with van der Waals surface area (Å²) >= 11 is 0. The summed E-state index contributed by atoms with van der Waals surface area (Å²) in [4.78, 5) is 12.2. The smallest absolute Gasteiger partial charge is 0.341 e. The molecule has 2 rings (SSSR count). The summed E-state index contributed by atoms with van der Waals surface area (Å²) < 4.78 is 6.03. The monoisotopic (exact) mass is 314 g/mol. The molecule has 2 aliphatic rings. The van der Waals surface area contributed by atoms with Crippen LogP contribution < -0.4 is 0 Å². The second-order valence-electron chi connectivity index (χ2n) is 7.20. The minimum atomic E-state index is -1.91. The van der Waals surface area contributed by atoms with Gasteiger partial charge in [-0.15, -0.1) is 0 Å². The number of carbonyl (C=O) groups excluding carboxylic acids is 1. The number of likely N-dealkylation sites (N-methyl/N-ethyl adjacent to an activating group) is 1. The summed E-state index contributed by atoms with van der Waals surface area (Å²) in [5, 5.41) is 30.3. The maximum Gasteiger partial charge on any atom is 0.341 e. The first-order chi connectivity index (χ1) is 10.1. The van der Waals surface area contributed by atoms with E-state index in [2.05, 4.69) is 7.05 Å². The lowest BCUT2D eigenvalue weighted by Gasteiger charge is -2.33. The summed E-state index contributed by atoms with van der Waals surface area (Å²) in [5.74, 6) is -1.28. The molecule has 6 nitrogen and oxygen atoms in total. The molecule has 0 spiro atoms. The van der Waals surface area contributed by atoms with E-state index in [9.17, 15) is 20.1 Å². The summed E-state index contributed by atoms with van der Waals surface area (Å²) in [5.41, 5.74) is -1.01. The van der Waals surface area contributed by atoms with Crippen LogP contribution in [0.1, 0.15) is 27.2 Å². The highest BCUT2D eigenvalue weighted by molar-refractivity contribution is 5.80. The zero-order valence-electron chi connectivity index (χ0n) is 13.8. The summed E-state index contributed by atoms with van der Waals surface area (Å²) in [7, 11) is 2.09. The average molecular weight is 314 g/mol. The molecule has 0 aliphatic carbocycles. The van der Waals surface area contributed by atoms with Crippen LogP contribution in [0.5, 0.6) is 0 Å². The topological polar surface area (TPSA) is 87.0 Å². The number of ether oxygens (including phenoxy) is 1. The molecule has 0 saturated carbocycles. The third kappa shape index (κ3) is 2.69. The van der Waals surface area contributed by atoms with Crippen molar-refractivity contribution < 1.29 is 29.3 Å². The first-order valence-corrected chi connectivity index (χ1v) is 7.91. The molecule has 0 aromatic carbocycles. The van der Waals surface area contributed by atoms with Gasteiger partial charge in [0.15, 0.2) is 5.60 Å². The van der Waals surface area contributed by atoms with Crippen LogP contribution in [-0.2, 0) is 9.53 Å². The Morgan fingerprint density at radius 1 is 1.50 bits per heavy atom. The fourth-order valence-corrected chi connectivity index (χ4v) is 3.74. The van der Waals surface area contributed by atoms with E-state index >= 15 is 0 Å². The van der Waals surface area contributed by atoms with E-state index in [0.29, 0.717) is 0 Å². The van der Waals surface area contributed by atoms with Crippen LogP contribution in [0.3, 0.4) is 0 Å². The van der Waals surface area contributed by atoms with Gasteiger partial charge in [0.2, 0.25) is 0 Å². The van der Waals surface area contributed by atoms with E-state index in [-0.39, 0.29) is 12.6 Å². The second-order valence-corrected chi connectivity index (χ2v) is 7.20. The molecular formula is C16H28NO5+. The van der Waals surface area contributed by atoms with Crippen LogP contribution in [0.4, 0.5) is 0 Å². The quantitative estimate of drug-likeness (QED) is 0.372. The molecule has 6 heteroatoms. The van der Waals surface area contributed by atoms with Crippen LogP contribution in [0.25, 0.3) is 0 Å². The highest BCUT2D eigenvalue weighted by Crippen LogP contribution is 2.35. The number of carbonyl (C=O) groups is 1. The van der Waals surface area contributed by atoms with Gasteiger partial charge in [0.05, 0.1) is 26.2 Å². The third-order valence-electron chi connectivity index (χ3n) is 5.34. The Balaban J connectivity index is 2.03. The standard InChI is InChI=1S/C16H28NO5/c1-10(2)16(21,11(3)18)15(20)22-9-12-5-7-17(4)8-6-13(19)14(12)17/h5,10-11,13-14,18-19,21H,6-9H2,1-4H3/q+1/t11?,13-,14-,16?,17?/m1/s1. The van der Waals surface area contributed by atoms with E-state index in [4.69, 9.17) is 4.74 Å². The Kier molecular flexibility index (Phi) is 4.69. The molecule has 0 aromatic rings. The largest absolute Gasteiger partial charge is 0.459 e. The zero-order chi connectivity index (χ0) is 16.7. The number of aliphatic hydroxyl groups is 3. The van der Waals surface area contributed by atoms with Gasteiger partial charge in [-0.3, -0.25) is 0 Å². The number of hydrogen-bond donors (Lipinski definition) is 3. The molecule has 3 N–H and O–H groups in total. The lowest BCUT2D eigenvalue weighted by Crippen LogP contribution is -2.54. The van der Waals surface area contributed by atoms with Gasteiger partial charge < -0.3 is 24.5 Å². The number of nitrogens with zero attached hydrogens (tertiary/aromatic N) is 1. The van der Waals surface area contributed by atoms with Crippen molar-refractivity contribution in [3.63, 3.8) is 0 Å². The molecule has 0 aromatic heterocycles. The van der Waals surface area contributed by atoms with E-state index in [1.807, 2.05) is 6.08 Å². The van der Waals surface area contributed by atoms with Crippen molar-refractivity contribution in [1.29, 1.82) is 0 Å². The minimum absolute atomic E-state index is 0.0357. The molecule has 1 fully saturated rings. The first-order valence-electron chi connectivity index (χ1n) is 7.91. The molecule has 3 unspecified atom stereocenters. The Morgan fingerprint density at radius 2 is 2.14 bits per heavy atom. The molecule has 2 aliphatic heterocycles. The molecule has 5 atom stereocenters. The molecule has 2 heterocycles. The molecule has 22 heavy (non-hydrogen) atoms. The van der Waals surface area contributed by atoms with Gasteiger partial charge in [0, 0.05) is 12.0 Å². The summed E-state index contributed by atoms with van der Waals surface area (Å²) in [6, 6.07) is -0.0357. The molecular weight excluding hydrogens is 286 g/mol. The van der Waals surface area contributed by atoms with Crippen molar-refractivity contribution in [2.24, 2.45) is 5.92 Å². The van der Waals surface area contributed by atoms with Gasteiger partial charge >= 0.3 is 5.97 Å². The fourth-order valence-electron chi connectivity index (χ4n) is 3.74. The van der Waals surface area contributed by atoms with Crippen molar-refractivity contribution >= 4 is 5.97 Å². The van der Waals surface area contributed by atoms with Crippen molar-refractivity contribution in [2.45, 2.75) is 51.0 Å². The SMILES string of the molecule is CC(C)C(O)(C(=O)OCC1=CC[N+]2(C)CC[C@@H](O)[C@@H]12)C(C)O. The van der Waals surface area contributed by atoms with E-state index in [1.54, 1.807) is 13.8 Å². The molecule has 126 valence electrons. The Labute approximate surface area is 131 Å². The van der Waals surface area contributed by atoms with E-state index in [1.165, 1.54) is 6.92 Å². The number of quaternary nitrogens is 1. The van der Waals surface area contributed by atoms with Crippen LogP contribution in [0, 0.1) is 5.92 Å². The lowest BCUT2D eigenvalue weighted by molar-refractivity contribution is -0.906. The Bertz CT molecular complexity index is 465. The van der Waals surface area contributed by atoms with Gasteiger partial charge in [-0.05, 0) is 18.9 Å².